The van der Waals surface area contributed by atoms with Crippen LogP contribution in [0.1, 0.15) is 38.3 Å². The molecule has 5 rings (SSSR count). The normalized spacial score (nSPS) is 20.6. The molecule has 0 saturated carbocycles. The standard InChI is InChI=1S/C23H21ClN4O2/c1-23(2)11-16-19(17(29)12-23)20(13-7-9-14(24)10-8-13)27-21(25-16)28-22-26-15-5-3-4-6-18(15)30-22/h3-10,20H,11-12H2,1-2H3,(H2,25,26,27,28)/t20-/m1/s1. The van der Waals surface area contributed by atoms with Gasteiger partial charge in [-0.1, -0.05) is 49.7 Å². The van der Waals surface area contributed by atoms with Crippen LogP contribution in [-0.2, 0) is 4.79 Å². The highest BCUT2D eigenvalue weighted by Gasteiger charge is 2.39. The molecule has 0 amide bonds. The van der Waals surface area contributed by atoms with Crippen LogP contribution in [0, 0.1) is 5.41 Å². The highest BCUT2D eigenvalue weighted by Crippen LogP contribution is 2.43. The van der Waals surface area contributed by atoms with Crippen molar-refractivity contribution in [3.63, 3.8) is 0 Å². The number of carbonyl (C=O) groups is 1. The number of aliphatic imine (C=N–C) groups is 1. The Morgan fingerprint density at radius 1 is 1.13 bits per heavy atom. The van der Waals surface area contributed by atoms with E-state index in [-0.39, 0.29) is 11.2 Å². The predicted octanol–water partition coefficient (Wildman–Crippen LogP) is 5.24. The SMILES string of the molecule is CC1(C)CC(=O)C2=C(C1)NC(Nc1nc3ccccc3o1)=N[C@@H]2c1ccc(Cl)cc1. The first-order valence-corrected chi connectivity index (χ1v) is 10.2. The highest BCUT2D eigenvalue weighted by molar-refractivity contribution is 6.30. The van der Waals surface area contributed by atoms with Crippen molar-refractivity contribution in [3.05, 3.63) is 70.4 Å². The third-order valence-corrected chi connectivity index (χ3v) is 5.68. The monoisotopic (exact) mass is 420 g/mol. The van der Waals surface area contributed by atoms with Crippen LogP contribution in [-0.4, -0.2) is 16.7 Å². The second-order valence-corrected chi connectivity index (χ2v) is 8.94. The minimum Gasteiger partial charge on any atom is -0.423 e. The van der Waals surface area contributed by atoms with E-state index in [1.165, 1.54) is 0 Å². The van der Waals surface area contributed by atoms with Crippen molar-refractivity contribution in [2.24, 2.45) is 10.4 Å². The lowest BCUT2D eigenvalue weighted by Crippen LogP contribution is -2.41. The molecule has 2 aliphatic rings. The highest BCUT2D eigenvalue weighted by atomic mass is 35.5. The van der Waals surface area contributed by atoms with E-state index in [0.29, 0.717) is 29.0 Å². The smallest absolute Gasteiger partial charge is 0.302 e. The van der Waals surface area contributed by atoms with Gasteiger partial charge in [0.15, 0.2) is 11.4 Å². The molecule has 0 saturated heterocycles. The summed E-state index contributed by atoms with van der Waals surface area (Å²) in [5.41, 5.74) is 3.87. The second kappa shape index (κ2) is 6.99. The summed E-state index contributed by atoms with van der Waals surface area (Å²) >= 11 is 6.07. The Labute approximate surface area is 179 Å². The Balaban J connectivity index is 1.54. The Hall–Kier alpha value is -3.12. The summed E-state index contributed by atoms with van der Waals surface area (Å²) in [6.07, 6.45) is 1.26. The van der Waals surface area contributed by atoms with Crippen LogP contribution in [0.25, 0.3) is 11.1 Å². The molecule has 0 spiro atoms. The van der Waals surface area contributed by atoms with Gasteiger partial charge in [-0.2, -0.15) is 4.98 Å². The number of ketones is 1. The van der Waals surface area contributed by atoms with Gasteiger partial charge in [0.1, 0.15) is 11.6 Å². The third kappa shape index (κ3) is 3.48. The first-order valence-electron chi connectivity index (χ1n) is 9.87. The van der Waals surface area contributed by atoms with Crippen LogP contribution in [0.4, 0.5) is 6.01 Å². The Kier molecular flexibility index (Phi) is 4.40. The fourth-order valence-corrected chi connectivity index (χ4v) is 4.24. The zero-order chi connectivity index (χ0) is 20.9. The van der Waals surface area contributed by atoms with E-state index in [1.54, 1.807) is 0 Å². The van der Waals surface area contributed by atoms with Gasteiger partial charge in [0.2, 0.25) is 5.96 Å². The van der Waals surface area contributed by atoms with Gasteiger partial charge in [-0.15, -0.1) is 0 Å². The van der Waals surface area contributed by atoms with Crippen molar-refractivity contribution in [2.45, 2.75) is 32.7 Å². The number of aromatic nitrogens is 1. The number of guanidine groups is 1. The van der Waals surface area contributed by atoms with Crippen LogP contribution in [0.15, 0.2) is 69.2 Å². The zero-order valence-electron chi connectivity index (χ0n) is 16.7. The molecular formula is C23H21ClN4O2. The number of nitrogens with zero attached hydrogens (tertiary/aromatic N) is 2. The summed E-state index contributed by atoms with van der Waals surface area (Å²) in [5.74, 6) is 0.629. The molecule has 1 atom stereocenters. The summed E-state index contributed by atoms with van der Waals surface area (Å²) in [5, 5.41) is 7.11. The zero-order valence-corrected chi connectivity index (χ0v) is 17.5. The predicted molar refractivity (Wildman–Crippen MR) is 117 cm³/mol. The first-order chi connectivity index (χ1) is 14.4. The number of rotatable bonds is 2. The molecule has 0 radical (unpaired) electrons. The quantitative estimate of drug-likeness (QED) is 0.592. The van der Waals surface area contributed by atoms with E-state index >= 15 is 0 Å². The van der Waals surface area contributed by atoms with E-state index in [0.717, 1.165) is 28.8 Å². The number of halogens is 1. The van der Waals surface area contributed by atoms with E-state index in [9.17, 15) is 4.79 Å². The Morgan fingerprint density at radius 2 is 1.90 bits per heavy atom. The maximum absolute atomic E-state index is 13.0. The van der Waals surface area contributed by atoms with Gasteiger partial charge in [-0.05, 0) is 41.7 Å². The number of hydrogen-bond donors (Lipinski definition) is 2. The molecule has 30 heavy (non-hydrogen) atoms. The second-order valence-electron chi connectivity index (χ2n) is 8.50. The number of hydrogen-bond acceptors (Lipinski definition) is 6. The van der Waals surface area contributed by atoms with Gasteiger partial charge in [0.25, 0.3) is 0 Å². The van der Waals surface area contributed by atoms with E-state index in [4.69, 9.17) is 21.0 Å². The van der Waals surface area contributed by atoms with Gasteiger partial charge in [0, 0.05) is 22.7 Å². The summed E-state index contributed by atoms with van der Waals surface area (Å²) in [6, 6.07) is 15.0. The van der Waals surface area contributed by atoms with Crippen molar-refractivity contribution in [1.29, 1.82) is 0 Å². The number of carbonyl (C=O) groups excluding carboxylic acids is 1. The van der Waals surface area contributed by atoms with Crippen LogP contribution in [0.5, 0.6) is 0 Å². The van der Waals surface area contributed by atoms with Crippen molar-refractivity contribution < 1.29 is 9.21 Å². The van der Waals surface area contributed by atoms with Crippen LogP contribution in [0.3, 0.4) is 0 Å². The van der Waals surface area contributed by atoms with Crippen molar-refractivity contribution in [1.82, 2.24) is 10.3 Å². The molecule has 0 fully saturated rings. The summed E-state index contributed by atoms with van der Waals surface area (Å²) in [6.45, 7) is 4.21. The molecule has 152 valence electrons. The minimum absolute atomic E-state index is 0.118. The molecule has 1 aromatic heterocycles. The molecule has 0 unspecified atom stereocenters. The number of Topliss-reactive ketones (excluding diaryl/α,β-unsaturated/α-hetero) is 1. The number of oxazole rings is 1. The molecular weight excluding hydrogens is 400 g/mol. The average Bonchev–Trinajstić information content (AvgIpc) is 3.09. The van der Waals surface area contributed by atoms with Crippen molar-refractivity contribution in [3.8, 4) is 0 Å². The minimum atomic E-state index is -0.408. The fraction of sp³-hybridized carbons (Fsp3) is 0.261. The van der Waals surface area contributed by atoms with E-state index < -0.39 is 6.04 Å². The largest absolute Gasteiger partial charge is 0.423 e. The molecule has 3 aromatic rings. The molecule has 2 heterocycles. The Bertz CT molecular complexity index is 1170. The first kappa shape index (κ1) is 18.9. The van der Waals surface area contributed by atoms with Gasteiger partial charge >= 0.3 is 6.01 Å². The molecule has 1 aliphatic carbocycles. The van der Waals surface area contributed by atoms with E-state index in [2.05, 4.69) is 29.5 Å². The van der Waals surface area contributed by atoms with Gasteiger partial charge < -0.3 is 9.73 Å². The maximum atomic E-state index is 13.0. The molecule has 6 nitrogen and oxygen atoms in total. The van der Waals surface area contributed by atoms with Gasteiger partial charge in [0.05, 0.1) is 0 Å². The lowest BCUT2D eigenvalue weighted by molar-refractivity contribution is -0.118. The summed E-state index contributed by atoms with van der Waals surface area (Å²) in [4.78, 5) is 22.3. The lowest BCUT2D eigenvalue weighted by Gasteiger charge is -2.37. The van der Waals surface area contributed by atoms with E-state index in [1.807, 2.05) is 48.5 Å². The number of para-hydroxylation sites is 2. The molecule has 2 aromatic carbocycles. The lowest BCUT2D eigenvalue weighted by atomic mass is 9.73. The molecule has 7 heteroatoms. The van der Waals surface area contributed by atoms with Crippen molar-refractivity contribution >= 4 is 40.5 Å². The van der Waals surface area contributed by atoms with Crippen molar-refractivity contribution in [2.75, 3.05) is 5.32 Å². The van der Waals surface area contributed by atoms with Crippen LogP contribution in [0.2, 0.25) is 5.02 Å². The van der Waals surface area contributed by atoms with Gasteiger partial charge in [-0.25, -0.2) is 4.99 Å². The Morgan fingerprint density at radius 3 is 2.67 bits per heavy atom. The number of allylic oxidation sites excluding steroid dienone is 1. The summed E-state index contributed by atoms with van der Waals surface area (Å²) in [7, 11) is 0. The number of anilines is 1. The fourth-order valence-electron chi connectivity index (χ4n) is 4.11. The van der Waals surface area contributed by atoms with Gasteiger partial charge in [-0.3, -0.25) is 10.1 Å². The number of nitrogens with one attached hydrogen (secondary N) is 2. The maximum Gasteiger partial charge on any atom is 0.302 e. The third-order valence-electron chi connectivity index (χ3n) is 5.43. The molecule has 1 aliphatic heterocycles. The average molecular weight is 421 g/mol. The topological polar surface area (TPSA) is 79.5 Å². The summed E-state index contributed by atoms with van der Waals surface area (Å²) < 4.78 is 5.78. The van der Waals surface area contributed by atoms with Crippen LogP contribution >= 0.6 is 11.6 Å². The van der Waals surface area contributed by atoms with Crippen LogP contribution < -0.4 is 10.6 Å². The number of benzene rings is 2. The number of fused-ring (bicyclic) bond motifs is 1. The molecule has 0 bridgehead atoms. The molecule has 2 N–H and O–H groups in total.